The maximum absolute atomic E-state index is 12.7. The highest BCUT2D eigenvalue weighted by molar-refractivity contribution is 7.89. The highest BCUT2D eigenvalue weighted by atomic mass is 32.2. The maximum atomic E-state index is 12.7. The molecule has 0 radical (unpaired) electrons. The molecular formula is C20H22N2O6S. The molecule has 0 aliphatic rings. The molecule has 154 valence electrons. The van der Waals surface area contributed by atoms with Crippen molar-refractivity contribution < 1.29 is 27.0 Å². The average molecular weight is 418 g/mol. The lowest BCUT2D eigenvalue weighted by Crippen LogP contribution is -2.26. The number of oxazole rings is 1. The van der Waals surface area contributed by atoms with Crippen LogP contribution in [0.3, 0.4) is 0 Å². The maximum Gasteiger partial charge on any atom is 0.244 e. The summed E-state index contributed by atoms with van der Waals surface area (Å²) in [6, 6.07) is 11.9. The Kier molecular flexibility index (Phi) is 6.40. The SMILES string of the molecule is COc1ccc(-c2nc(CCNS(=O)(=O)c3cc(OC)ccc3OC)co2)cc1. The zero-order valence-electron chi connectivity index (χ0n) is 16.3. The van der Waals surface area contributed by atoms with Gasteiger partial charge in [0.1, 0.15) is 28.4 Å². The predicted octanol–water partition coefficient (Wildman–Crippen LogP) is 2.89. The Hall–Kier alpha value is -3.04. The van der Waals surface area contributed by atoms with Crippen LogP contribution in [-0.4, -0.2) is 41.3 Å². The number of sulfonamides is 1. The van der Waals surface area contributed by atoms with E-state index in [1.807, 2.05) is 24.3 Å². The summed E-state index contributed by atoms with van der Waals surface area (Å²) < 4.78 is 48.7. The average Bonchev–Trinajstić information content (AvgIpc) is 3.22. The van der Waals surface area contributed by atoms with Crippen LogP contribution in [0.5, 0.6) is 17.2 Å². The van der Waals surface area contributed by atoms with E-state index in [9.17, 15) is 8.42 Å². The summed E-state index contributed by atoms with van der Waals surface area (Å²) >= 11 is 0. The lowest BCUT2D eigenvalue weighted by molar-refractivity contribution is 0.392. The Morgan fingerprint density at radius 3 is 2.31 bits per heavy atom. The first-order valence-electron chi connectivity index (χ1n) is 8.77. The quantitative estimate of drug-likeness (QED) is 0.570. The third kappa shape index (κ3) is 4.87. The molecule has 0 aliphatic carbocycles. The zero-order chi connectivity index (χ0) is 20.9. The number of rotatable bonds is 9. The van der Waals surface area contributed by atoms with Crippen LogP contribution in [0.25, 0.3) is 11.5 Å². The van der Waals surface area contributed by atoms with E-state index < -0.39 is 10.0 Å². The van der Waals surface area contributed by atoms with Crippen molar-refractivity contribution >= 4 is 10.0 Å². The van der Waals surface area contributed by atoms with Crippen LogP contribution in [-0.2, 0) is 16.4 Å². The molecule has 0 bridgehead atoms. The lowest BCUT2D eigenvalue weighted by Gasteiger charge is -2.11. The molecule has 0 atom stereocenters. The van der Waals surface area contributed by atoms with Crippen LogP contribution in [0, 0.1) is 0 Å². The van der Waals surface area contributed by atoms with Crippen molar-refractivity contribution in [2.75, 3.05) is 27.9 Å². The summed E-state index contributed by atoms with van der Waals surface area (Å²) in [5.41, 5.74) is 1.44. The van der Waals surface area contributed by atoms with Gasteiger partial charge in [-0.3, -0.25) is 0 Å². The molecule has 9 heteroatoms. The number of aromatic nitrogens is 1. The highest BCUT2D eigenvalue weighted by Gasteiger charge is 2.20. The second-order valence-electron chi connectivity index (χ2n) is 6.04. The molecule has 0 saturated carbocycles. The van der Waals surface area contributed by atoms with E-state index in [0.717, 1.165) is 11.3 Å². The van der Waals surface area contributed by atoms with Gasteiger partial charge in [-0.1, -0.05) is 0 Å². The normalized spacial score (nSPS) is 11.3. The highest BCUT2D eigenvalue weighted by Crippen LogP contribution is 2.28. The second kappa shape index (κ2) is 8.97. The molecule has 0 fully saturated rings. The fourth-order valence-corrected chi connectivity index (χ4v) is 3.89. The molecule has 8 nitrogen and oxygen atoms in total. The Balaban J connectivity index is 1.66. The van der Waals surface area contributed by atoms with Crippen LogP contribution in [0.4, 0.5) is 0 Å². The summed E-state index contributed by atoms with van der Waals surface area (Å²) in [6.07, 6.45) is 1.88. The van der Waals surface area contributed by atoms with Gasteiger partial charge in [-0.25, -0.2) is 18.1 Å². The van der Waals surface area contributed by atoms with Crippen LogP contribution in [0.1, 0.15) is 5.69 Å². The fraction of sp³-hybridized carbons (Fsp3) is 0.250. The van der Waals surface area contributed by atoms with Crippen molar-refractivity contribution in [3.8, 4) is 28.7 Å². The van der Waals surface area contributed by atoms with Gasteiger partial charge < -0.3 is 18.6 Å². The van der Waals surface area contributed by atoms with Gasteiger partial charge >= 0.3 is 0 Å². The van der Waals surface area contributed by atoms with Gasteiger partial charge in [-0.05, 0) is 36.4 Å². The topological polar surface area (TPSA) is 99.9 Å². The smallest absolute Gasteiger partial charge is 0.244 e. The third-order valence-electron chi connectivity index (χ3n) is 4.22. The minimum atomic E-state index is -3.79. The largest absolute Gasteiger partial charge is 0.497 e. The van der Waals surface area contributed by atoms with Gasteiger partial charge in [-0.2, -0.15) is 0 Å². The van der Waals surface area contributed by atoms with Gasteiger partial charge in [0.05, 0.1) is 27.0 Å². The van der Waals surface area contributed by atoms with E-state index in [0.29, 0.717) is 23.8 Å². The number of ether oxygens (including phenoxy) is 3. The van der Waals surface area contributed by atoms with Crippen molar-refractivity contribution in [3.05, 3.63) is 54.4 Å². The van der Waals surface area contributed by atoms with E-state index in [2.05, 4.69) is 9.71 Å². The van der Waals surface area contributed by atoms with Crippen LogP contribution >= 0.6 is 0 Å². The molecule has 1 N–H and O–H groups in total. The Labute approximate surface area is 169 Å². The molecule has 1 aromatic heterocycles. The predicted molar refractivity (Wildman–Crippen MR) is 107 cm³/mol. The van der Waals surface area contributed by atoms with Crippen LogP contribution in [0.15, 0.2) is 58.0 Å². The van der Waals surface area contributed by atoms with E-state index in [4.69, 9.17) is 18.6 Å². The summed E-state index contributed by atoms with van der Waals surface area (Å²) in [5, 5.41) is 0. The zero-order valence-corrected chi connectivity index (χ0v) is 17.2. The molecule has 1 heterocycles. The summed E-state index contributed by atoms with van der Waals surface area (Å²) in [5.74, 6) is 1.86. The minimum absolute atomic E-state index is 0.0124. The first-order valence-corrected chi connectivity index (χ1v) is 10.3. The van der Waals surface area contributed by atoms with Crippen molar-refractivity contribution in [2.24, 2.45) is 0 Å². The van der Waals surface area contributed by atoms with E-state index in [1.54, 1.807) is 19.2 Å². The monoisotopic (exact) mass is 418 g/mol. The number of benzene rings is 2. The molecule has 0 aliphatic heterocycles. The molecule has 0 saturated heterocycles. The first kappa shape index (κ1) is 20.7. The molecule has 0 unspecified atom stereocenters. The number of hydrogen-bond donors (Lipinski definition) is 1. The van der Waals surface area contributed by atoms with Gasteiger partial charge in [0.25, 0.3) is 0 Å². The number of methoxy groups -OCH3 is 3. The number of nitrogens with one attached hydrogen (secondary N) is 1. The molecule has 0 spiro atoms. The molecule has 3 aromatic rings. The number of hydrogen-bond acceptors (Lipinski definition) is 7. The van der Waals surface area contributed by atoms with Crippen molar-refractivity contribution in [1.29, 1.82) is 0 Å². The first-order chi connectivity index (χ1) is 14.0. The van der Waals surface area contributed by atoms with Crippen molar-refractivity contribution in [1.82, 2.24) is 9.71 Å². The molecule has 3 rings (SSSR count). The summed E-state index contributed by atoms with van der Waals surface area (Å²) in [4.78, 5) is 4.41. The molecular weight excluding hydrogens is 396 g/mol. The Morgan fingerprint density at radius 2 is 1.66 bits per heavy atom. The summed E-state index contributed by atoms with van der Waals surface area (Å²) in [7, 11) is 0.694. The van der Waals surface area contributed by atoms with Gasteiger partial charge in [-0.15, -0.1) is 0 Å². The Bertz CT molecular complexity index is 1060. The summed E-state index contributed by atoms with van der Waals surface area (Å²) in [6.45, 7) is 0.150. The van der Waals surface area contributed by atoms with Crippen LogP contribution in [0.2, 0.25) is 0 Å². The van der Waals surface area contributed by atoms with Crippen molar-refractivity contribution in [3.63, 3.8) is 0 Å². The Morgan fingerprint density at radius 1 is 0.966 bits per heavy atom. The lowest BCUT2D eigenvalue weighted by atomic mass is 10.2. The van der Waals surface area contributed by atoms with E-state index in [1.165, 1.54) is 26.5 Å². The van der Waals surface area contributed by atoms with Gasteiger partial charge in [0.2, 0.25) is 15.9 Å². The molecule has 2 aromatic carbocycles. The third-order valence-corrected chi connectivity index (χ3v) is 5.70. The molecule has 29 heavy (non-hydrogen) atoms. The minimum Gasteiger partial charge on any atom is -0.497 e. The standard InChI is InChI=1S/C20H22N2O6S/c1-25-16-6-4-14(5-7-16)20-22-15(13-28-20)10-11-21-29(23,24)19-12-17(26-2)8-9-18(19)27-3/h4-9,12-13,21H,10-11H2,1-3H3. The van der Waals surface area contributed by atoms with Gasteiger partial charge in [0.15, 0.2) is 0 Å². The van der Waals surface area contributed by atoms with E-state index >= 15 is 0 Å². The van der Waals surface area contributed by atoms with Crippen LogP contribution < -0.4 is 18.9 Å². The van der Waals surface area contributed by atoms with Gasteiger partial charge in [0, 0.05) is 24.6 Å². The molecule has 0 amide bonds. The number of nitrogens with zero attached hydrogens (tertiary/aromatic N) is 1. The second-order valence-corrected chi connectivity index (χ2v) is 7.77. The van der Waals surface area contributed by atoms with Crippen molar-refractivity contribution in [2.45, 2.75) is 11.3 Å². The fourth-order valence-electron chi connectivity index (χ4n) is 2.67. The van der Waals surface area contributed by atoms with E-state index in [-0.39, 0.29) is 17.2 Å².